The minimum absolute atomic E-state index is 0.0252. The first kappa shape index (κ1) is 14.3. The van der Waals surface area contributed by atoms with Crippen LogP contribution in [0.4, 0.5) is 23.7 Å². The van der Waals surface area contributed by atoms with Crippen molar-refractivity contribution in [1.82, 2.24) is 4.90 Å². The van der Waals surface area contributed by atoms with Gasteiger partial charge in [0.1, 0.15) is 5.82 Å². The highest BCUT2D eigenvalue weighted by Gasteiger charge is 2.17. The van der Waals surface area contributed by atoms with Gasteiger partial charge in [0.15, 0.2) is 0 Å². The van der Waals surface area contributed by atoms with E-state index in [4.69, 9.17) is 5.73 Å². The normalized spacial score (nSPS) is 10.5. The Kier molecular flexibility index (Phi) is 5.44. The molecule has 0 spiro atoms. The summed E-state index contributed by atoms with van der Waals surface area (Å²) in [7, 11) is 0. The highest BCUT2D eigenvalue weighted by atomic mass is 19.3. The number of anilines is 1. The Bertz CT molecular complexity index is 384. The second-order valence-electron chi connectivity index (χ2n) is 3.56. The number of rotatable bonds is 5. The fourth-order valence-electron chi connectivity index (χ4n) is 1.33. The van der Waals surface area contributed by atoms with Gasteiger partial charge in [-0.3, -0.25) is 0 Å². The molecule has 4 nitrogen and oxygen atoms in total. The van der Waals surface area contributed by atoms with Crippen LogP contribution in [0.15, 0.2) is 24.3 Å². The number of halogens is 3. The molecule has 1 aromatic rings. The molecule has 0 saturated heterocycles. The van der Waals surface area contributed by atoms with Crippen LogP contribution in [0.5, 0.6) is 0 Å². The van der Waals surface area contributed by atoms with Crippen molar-refractivity contribution in [2.75, 3.05) is 25.0 Å². The minimum Gasteiger partial charge on any atom is -0.329 e. The molecular weight excluding hydrogens is 247 g/mol. The van der Waals surface area contributed by atoms with Crippen LogP contribution in [0.1, 0.15) is 0 Å². The van der Waals surface area contributed by atoms with Crippen molar-refractivity contribution in [2.24, 2.45) is 5.73 Å². The lowest BCUT2D eigenvalue weighted by molar-refractivity contribution is 0.103. The molecule has 0 atom stereocenters. The molecular formula is C11H14F3N3O. The van der Waals surface area contributed by atoms with Crippen molar-refractivity contribution in [3.63, 3.8) is 0 Å². The predicted octanol–water partition coefficient (Wildman–Crippen LogP) is 1.88. The molecule has 0 aromatic heterocycles. The maximum Gasteiger partial charge on any atom is 0.322 e. The van der Waals surface area contributed by atoms with E-state index in [2.05, 4.69) is 5.32 Å². The Morgan fingerprint density at radius 3 is 2.44 bits per heavy atom. The quantitative estimate of drug-likeness (QED) is 0.850. The molecule has 0 fully saturated rings. The first-order valence-electron chi connectivity index (χ1n) is 5.32. The van der Waals surface area contributed by atoms with Gasteiger partial charge in [0.2, 0.25) is 0 Å². The Labute approximate surface area is 103 Å². The van der Waals surface area contributed by atoms with Gasteiger partial charge in [-0.15, -0.1) is 0 Å². The minimum atomic E-state index is -2.63. The smallest absolute Gasteiger partial charge is 0.322 e. The van der Waals surface area contributed by atoms with Crippen LogP contribution in [0.25, 0.3) is 0 Å². The van der Waals surface area contributed by atoms with Gasteiger partial charge in [-0.05, 0) is 24.3 Å². The molecule has 100 valence electrons. The highest BCUT2D eigenvalue weighted by Crippen LogP contribution is 2.09. The number of amides is 2. The fourth-order valence-corrected chi connectivity index (χ4v) is 1.33. The first-order chi connectivity index (χ1) is 8.52. The Balaban J connectivity index is 2.63. The summed E-state index contributed by atoms with van der Waals surface area (Å²) in [4.78, 5) is 12.6. The van der Waals surface area contributed by atoms with Crippen molar-refractivity contribution < 1.29 is 18.0 Å². The molecule has 18 heavy (non-hydrogen) atoms. The van der Waals surface area contributed by atoms with Crippen LogP contribution in [0.2, 0.25) is 0 Å². The number of nitrogens with two attached hydrogens (primary N) is 1. The molecule has 7 heteroatoms. The average Bonchev–Trinajstić information content (AvgIpc) is 2.31. The number of nitrogens with one attached hydrogen (secondary N) is 1. The maximum absolute atomic E-state index is 12.6. The number of urea groups is 1. The van der Waals surface area contributed by atoms with E-state index in [9.17, 15) is 18.0 Å². The molecule has 0 bridgehead atoms. The second kappa shape index (κ2) is 6.85. The highest BCUT2D eigenvalue weighted by molar-refractivity contribution is 5.89. The zero-order valence-electron chi connectivity index (χ0n) is 9.57. The summed E-state index contributed by atoms with van der Waals surface area (Å²) in [6.45, 7) is -0.578. The molecule has 0 saturated carbocycles. The van der Waals surface area contributed by atoms with Gasteiger partial charge < -0.3 is 16.0 Å². The molecule has 0 radical (unpaired) electrons. The summed E-state index contributed by atoms with van der Waals surface area (Å²) in [6, 6.07) is 4.32. The van der Waals surface area contributed by atoms with Crippen LogP contribution in [-0.2, 0) is 0 Å². The number of nitrogens with zero attached hydrogens (tertiary/aromatic N) is 1. The molecule has 0 aliphatic heterocycles. The van der Waals surface area contributed by atoms with Gasteiger partial charge in [-0.25, -0.2) is 18.0 Å². The summed E-state index contributed by atoms with van der Waals surface area (Å²) in [5.41, 5.74) is 5.57. The number of hydrogen-bond donors (Lipinski definition) is 2. The summed E-state index contributed by atoms with van der Waals surface area (Å²) < 4.78 is 37.1. The topological polar surface area (TPSA) is 58.4 Å². The van der Waals surface area contributed by atoms with Gasteiger partial charge >= 0.3 is 6.03 Å². The van der Waals surface area contributed by atoms with Crippen molar-refractivity contribution >= 4 is 11.7 Å². The number of alkyl halides is 2. The van der Waals surface area contributed by atoms with E-state index in [1.54, 1.807) is 0 Å². The molecule has 0 aliphatic rings. The number of benzene rings is 1. The number of carbonyl (C=O) groups excluding carboxylic acids is 1. The molecule has 1 aromatic carbocycles. The Hall–Kier alpha value is -1.76. The molecule has 0 unspecified atom stereocenters. The lowest BCUT2D eigenvalue weighted by Gasteiger charge is -2.21. The number of hydrogen-bond acceptors (Lipinski definition) is 2. The van der Waals surface area contributed by atoms with Crippen LogP contribution >= 0.6 is 0 Å². The van der Waals surface area contributed by atoms with Crippen molar-refractivity contribution in [3.8, 4) is 0 Å². The lowest BCUT2D eigenvalue weighted by Crippen LogP contribution is -2.41. The zero-order valence-corrected chi connectivity index (χ0v) is 9.57. The SMILES string of the molecule is NCCN(CC(F)F)C(=O)Nc1ccc(F)cc1. The van der Waals surface area contributed by atoms with Gasteiger partial charge in [0.05, 0.1) is 6.54 Å². The van der Waals surface area contributed by atoms with Gasteiger partial charge in [0.25, 0.3) is 6.43 Å². The van der Waals surface area contributed by atoms with Crippen molar-refractivity contribution in [3.05, 3.63) is 30.1 Å². The molecule has 1 rings (SSSR count). The van der Waals surface area contributed by atoms with Crippen LogP contribution in [-0.4, -0.2) is 37.0 Å². The van der Waals surface area contributed by atoms with Gasteiger partial charge in [0, 0.05) is 18.8 Å². The lowest BCUT2D eigenvalue weighted by atomic mass is 10.3. The van der Waals surface area contributed by atoms with E-state index in [1.165, 1.54) is 12.1 Å². The first-order valence-corrected chi connectivity index (χ1v) is 5.32. The van der Waals surface area contributed by atoms with E-state index >= 15 is 0 Å². The molecule has 0 heterocycles. The molecule has 0 aliphatic carbocycles. The largest absolute Gasteiger partial charge is 0.329 e. The van der Waals surface area contributed by atoms with Crippen LogP contribution in [0, 0.1) is 5.82 Å². The average molecular weight is 261 g/mol. The summed E-state index contributed by atoms with van der Waals surface area (Å²) in [5.74, 6) is -0.445. The third-order valence-electron chi connectivity index (χ3n) is 2.14. The third kappa shape index (κ3) is 4.62. The summed E-state index contributed by atoms with van der Waals surface area (Å²) >= 11 is 0. The monoisotopic (exact) mass is 261 g/mol. The fraction of sp³-hybridized carbons (Fsp3) is 0.364. The molecule has 3 N–H and O–H groups in total. The van der Waals surface area contributed by atoms with Gasteiger partial charge in [-0.1, -0.05) is 0 Å². The van der Waals surface area contributed by atoms with Crippen LogP contribution < -0.4 is 11.1 Å². The third-order valence-corrected chi connectivity index (χ3v) is 2.14. The summed E-state index contributed by atoms with van der Waals surface area (Å²) in [6.07, 6.45) is -2.63. The van der Waals surface area contributed by atoms with E-state index in [-0.39, 0.29) is 13.1 Å². The van der Waals surface area contributed by atoms with E-state index < -0.39 is 24.8 Å². The van der Waals surface area contributed by atoms with E-state index in [1.807, 2.05) is 0 Å². The Morgan fingerprint density at radius 2 is 1.94 bits per heavy atom. The standard InChI is InChI=1S/C11H14F3N3O/c12-8-1-3-9(4-2-8)16-11(18)17(6-5-15)7-10(13)14/h1-4,10H,5-7,15H2,(H,16,18). The second-order valence-corrected chi connectivity index (χ2v) is 3.56. The van der Waals surface area contributed by atoms with Crippen molar-refractivity contribution in [1.29, 1.82) is 0 Å². The number of carbonyl (C=O) groups is 1. The summed E-state index contributed by atoms with van der Waals surface area (Å²) in [5, 5.41) is 2.39. The molecule has 2 amide bonds. The van der Waals surface area contributed by atoms with Gasteiger partial charge in [-0.2, -0.15) is 0 Å². The maximum atomic E-state index is 12.6. The Morgan fingerprint density at radius 1 is 1.33 bits per heavy atom. The predicted molar refractivity (Wildman–Crippen MR) is 62.1 cm³/mol. The van der Waals surface area contributed by atoms with E-state index in [0.29, 0.717) is 5.69 Å². The van der Waals surface area contributed by atoms with Crippen molar-refractivity contribution in [2.45, 2.75) is 6.43 Å². The zero-order chi connectivity index (χ0) is 13.5. The van der Waals surface area contributed by atoms with Crippen LogP contribution in [0.3, 0.4) is 0 Å². The van der Waals surface area contributed by atoms with E-state index in [0.717, 1.165) is 17.0 Å².